The third kappa shape index (κ3) is 7.47. The minimum Gasteiger partial charge on any atom is -0.441 e. The Hall–Kier alpha value is -1.54. The van der Waals surface area contributed by atoms with Crippen molar-refractivity contribution in [1.82, 2.24) is 9.80 Å². The van der Waals surface area contributed by atoms with Crippen LogP contribution in [-0.2, 0) is 13.9 Å². The topological polar surface area (TPSA) is 68.3 Å². The normalized spacial score (nSPS) is 20.5. The van der Waals surface area contributed by atoms with Gasteiger partial charge in [-0.15, -0.1) is 0 Å². The maximum Gasteiger partial charge on any atom is 0.415 e. The van der Waals surface area contributed by atoms with Crippen LogP contribution in [0.5, 0.6) is 0 Å². The molecule has 2 amide bonds. The molecule has 0 aromatic carbocycles. The number of ether oxygens (including phenoxy) is 2. The van der Waals surface area contributed by atoms with Crippen LogP contribution in [0.2, 0.25) is 18.1 Å². The standard InChI is InChI=1S/C25H48N2O5Si/c1-16(2)26(17(3)4)23(28)30-15-20-21(31-24(29)27(18(5)6)19(7)8)14-22(20)32-33(12,13)25(9,10)11/h15-19,21-22H,14H2,1-13H3/b20-15+/t21-,22+/m1/s1. The van der Waals surface area contributed by atoms with Crippen molar-refractivity contribution in [2.75, 3.05) is 0 Å². The molecule has 1 aliphatic rings. The molecule has 0 saturated heterocycles. The van der Waals surface area contributed by atoms with Gasteiger partial charge in [-0.2, -0.15) is 0 Å². The van der Waals surface area contributed by atoms with Crippen LogP contribution < -0.4 is 0 Å². The highest BCUT2D eigenvalue weighted by Gasteiger charge is 2.47. The number of carbonyl (C=O) groups is 2. The molecule has 0 radical (unpaired) electrons. The summed E-state index contributed by atoms with van der Waals surface area (Å²) in [4.78, 5) is 29.0. The number of carbonyl (C=O) groups excluding carboxylic acids is 2. The van der Waals surface area contributed by atoms with E-state index in [1.165, 1.54) is 6.26 Å². The maximum atomic E-state index is 12.9. The summed E-state index contributed by atoms with van der Waals surface area (Å²) in [6, 6.07) is 0.0622. The molecule has 0 aromatic heterocycles. The van der Waals surface area contributed by atoms with Gasteiger partial charge in [-0.05, 0) is 73.5 Å². The molecule has 0 spiro atoms. The maximum absolute atomic E-state index is 12.9. The fraction of sp³-hybridized carbons (Fsp3) is 0.840. The minimum atomic E-state index is -2.06. The van der Waals surface area contributed by atoms with Crippen molar-refractivity contribution in [3.05, 3.63) is 11.8 Å². The van der Waals surface area contributed by atoms with Gasteiger partial charge in [0.1, 0.15) is 12.4 Å². The Bertz CT molecular complexity index is 694. The molecule has 7 nitrogen and oxygen atoms in total. The molecule has 1 saturated carbocycles. The molecule has 33 heavy (non-hydrogen) atoms. The molecule has 0 heterocycles. The molecule has 8 heteroatoms. The van der Waals surface area contributed by atoms with Gasteiger partial charge in [0, 0.05) is 36.2 Å². The average Bonchev–Trinajstić information content (AvgIpc) is 2.58. The van der Waals surface area contributed by atoms with E-state index in [2.05, 4.69) is 33.9 Å². The van der Waals surface area contributed by atoms with Gasteiger partial charge in [0.05, 0.1) is 6.10 Å². The molecule has 0 aromatic rings. The second kappa shape index (κ2) is 11.3. The van der Waals surface area contributed by atoms with Crippen LogP contribution in [0.3, 0.4) is 0 Å². The molecular weight excluding hydrogens is 436 g/mol. The highest BCUT2D eigenvalue weighted by molar-refractivity contribution is 6.74. The van der Waals surface area contributed by atoms with Gasteiger partial charge in [-0.1, -0.05) is 20.8 Å². The number of rotatable bonds is 8. The predicted octanol–water partition coefficient (Wildman–Crippen LogP) is 6.54. The second-order valence-corrected chi connectivity index (χ2v) is 16.4. The van der Waals surface area contributed by atoms with Crippen molar-refractivity contribution >= 4 is 20.5 Å². The van der Waals surface area contributed by atoms with Crippen LogP contribution in [0, 0.1) is 0 Å². The highest BCUT2D eigenvalue weighted by Crippen LogP contribution is 2.42. The van der Waals surface area contributed by atoms with Crippen molar-refractivity contribution in [3.8, 4) is 0 Å². The summed E-state index contributed by atoms with van der Waals surface area (Å²) in [5.41, 5.74) is 0.710. The Morgan fingerprint density at radius 1 is 0.848 bits per heavy atom. The van der Waals surface area contributed by atoms with Crippen molar-refractivity contribution in [3.63, 3.8) is 0 Å². The largest absolute Gasteiger partial charge is 0.441 e. The Labute approximate surface area is 202 Å². The zero-order valence-electron chi connectivity index (χ0n) is 23.2. The molecule has 0 aliphatic heterocycles. The van der Waals surface area contributed by atoms with Gasteiger partial charge >= 0.3 is 12.2 Å². The van der Waals surface area contributed by atoms with Gasteiger partial charge in [0.15, 0.2) is 8.32 Å². The van der Waals surface area contributed by atoms with E-state index in [0.29, 0.717) is 12.0 Å². The van der Waals surface area contributed by atoms with E-state index in [1.54, 1.807) is 9.80 Å². The summed E-state index contributed by atoms with van der Waals surface area (Å²) in [7, 11) is -2.06. The summed E-state index contributed by atoms with van der Waals surface area (Å²) in [6.45, 7) is 26.6. The quantitative estimate of drug-likeness (QED) is 0.289. The zero-order valence-corrected chi connectivity index (χ0v) is 24.2. The lowest BCUT2D eigenvalue weighted by atomic mass is 9.86. The minimum absolute atomic E-state index is 0.0100. The number of amides is 2. The van der Waals surface area contributed by atoms with Crippen LogP contribution in [0.4, 0.5) is 9.59 Å². The van der Waals surface area contributed by atoms with Crippen molar-refractivity contribution in [2.45, 2.75) is 137 Å². The van der Waals surface area contributed by atoms with E-state index in [9.17, 15) is 9.59 Å². The van der Waals surface area contributed by atoms with E-state index < -0.39 is 20.5 Å². The molecule has 0 bridgehead atoms. The average molecular weight is 485 g/mol. The lowest BCUT2D eigenvalue weighted by molar-refractivity contribution is -0.000816. The second-order valence-electron chi connectivity index (χ2n) is 11.7. The van der Waals surface area contributed by atoms with Crippen LogP contribution in [0.15, 0.2) is 11.8 Å². The first kappa shape index (κ1) is 29.5. The molecule has 1 aliphatic carbocycles. The summed E-state index contributed by atoms with van der Waals surface area (Å²) >= 11 is 0. The zero-order chi connectivity index (χ0) is 25.9. The van der Waals surface area contributed by atoms with E-state index in [-0.39, 0.29) is 41.4 Å². The van der Waals surface area contributed by atoms with Crippen molar-refractivity contribution in [2.24, 2.45) is 0 Å². The fourth-order valence-corrected chi connectivity index (χ4v) is 5.12. The summed E-state index contributed by atoms with van der Waals surface area (Å²) in [6.07, 6.45) is 0.541. The van der Waals surface area contributed by atoms with Gasteiger partial charge < -0.3 is 23.7 Å². The van der Waals surface area contributed by atoms with Crippen LogP contribution >= 0.6 is 0 Å². The van der Waals surface area contributed by atoms with E-state index in [0.717, 1.165) is 0 Å². The van der Waals surface area contributed by atoms with Gasteiger partial charge in [0.2, 0.25) is 0 Å². The number of hydrogen-bond donors (Lipinski definition) is 0. The van der Waals surface area contributed by atoms with E-state index >= 15 is 0 Å². The first-order valence-corrected chi connectivity index (χ1v) is 15.2. The third-order valence-corrected chi connectivity index (χ3v) is 11.1. The highest BCUT2D eigenvalue weighted by atomic mass is 28.4. The molecular formula is C25H48N2O5Si. The Morgan fingerprint density at radius 2 is 1.27 bits per heavy atom. The summed E-state index contributed by atoms with van der Waals surface area (Å²) < 4.78 is 18.0. The summed E-state index contributed by atoms with van der Waals surface area (Å²) in [5, 5.41) is 0.0364. The predicted molar refractivity (Wildman–Crippen MR) is 136 cm³/mol. The lowest BCUT2D eigenvalue weighted by Crippen LogP contribution is -2.53. The number of nitrogens with zero attached hydrogens (tertiary/aromatic N) is 2. The fourth-order valence-electron chi connectivity index (χ4n) is 3.83. The Morgan fingerprint density at radius 3 is 1.67 bits per heavy atom. The smallest absolute Gasteiger partial charge is 0.415 e. The SMILES string of the molecule is CC(C)N(C(=O)O/C=C1/[C@@H](O[Si](C)(C)C(C)(C)C)C[C@H]1OC(=O)N(C(C)C)C(C)C)C(C)C. The third-order valence-electron chi connectivity index (χ3n) is 6.60. The molecule has 192 valence electrons. The molecule has 0 N–H and O–H groups in total. The number of hydrogen-bond acceptors (Lipinski definition) is 5. The van der Waals surface area contributed by atoms with Gasteiger partial charge in [-0.25, -0.2) is 9.59 Å². The Kier molecular flexibility index (Phi) is 10.1. The van der Waals surface area contributed by atoms with E-state index in [4.69, 9.17) is 13.9 Å². The first-order chi connectivity index (χ1) is 14.9. The van der Waals surface area contributed by atoms with Crippen LogP contribution in [0.25, 0.3) is 0 Å². The van der Waals surface area contributed by atoms with Crippen LogP contribution in [0.1, 0.15) is 82.6 Å². The first-order valence-electron chi connectivity index (χ1n) is 12.3. The summed E-state index contributed by atoms with van der Waals surface area (Å²) in [5.74, 6) is 0. The molecule has 2 atom stereocenters. The molecule has 0 unspecified atom stereocenters. The monoisotopic (exact) mass is 484 g/mol. The van der Waals surface area contributed by atoms with Gasteiger partial charge in [-0.3, -0.25) is 0 Å². The lowest BCUT2D eigenvalue weighted by Gasteiger charge is -2.46. The molecule has 1 fully saturated rings. The van der Waals surface area contributed by atoms with Crippen molar-refractivity contribution < 1.29 is 23.5 Å². The Balaban J connectivity index is 3.12. The molecule has 1 rings (SSSR count). The van der Waals surface area contributed by atoms with Crippen molar-refractivity contribution in [1.29, 1.82) is 0 Å². The van der Waals surface area contributed by atoms with E-state index in [1.807, 2.05) is 55.4 Å². The van der Waals surface area contributed by atoms with Crippen LogP contribution in [-0.4, -0.2) is 66.7 Å². The van der Waals surface area contributed by atoms with Gasteiger partial charge in [0.25, 0.3) is 0 Å².